The van der Waals surface area contributed by atoms with Crippen molar-refractivity contribution in [2.24, 2.45) is 5.92 Å². The zero-order valence-electron chi connectivity index (χ0n) is 14.9. The highest BCUT2D eigenvalue weighted by atomic mass is 17.1. The van der Waals surface area contributed by atoms with E-state index < -0.39 is 0 Å². The van der Waals surface area contributed by atoms with Crippen LogP contribution in [0.4, 0.5) is 0 Å². The Labute approximate surface area is 146 Å². The molecule has 2 rings (SSSR count). The fourth-order valence-electron chi connectivity index (χ4n) is 3.96. The van der Waals surface area contributed by atoms with Gasteiger partial charge in [-0.3, -0.25) is 10.1 Å². The first-order valence-corrected chi connectivity index (χ1v) is 9.85. The van der Waals surface area contributed by atoms with Crippen molar-refractivity contribution in [2.75, 3.05) is 13.2 Å². The number of esters is 1. The van der Waals surface area contributed by atoms with Crippen LogP contribution in [0.1, 0.15) is 83.5 Å². The molecule has 0 aromatic carbocycles. The normalized spacial score (nSPS) is 21.5. The molecule has 0 aromatic heterocycles. The molecule has 2 aliphatic carbocycles. The van der Waals surface area contributed by atoms with Gasteiger partial charge in [0.1, 0.15) is 6.61 Å². The van der Waals surface area contributed by atoms with E-state index in [0.717, 1.165) is 19.3 Å². The highest BCUT2D eigenvalue weighted by Gasteiger charge is 2.21. The average Bonchev–Trinajstić information content (AvgIpc) is 2.64. The summed E-state index contributed by atoms with van der Waals surface area (Å²) in [6.07, 6.45) is 14.1. The molecule has 2 aliphatic rings. The van der Waals surface area contributed by atoms with Crippen molar-refractivity contribution in [3.8, 4) is 0 Å². The first-order chi connectivity index (χ1) is 11.8. The maximum atomic E-state index is 11.8. The molecule has 140 valence electrons. The van der Waals surface area contributed by atoms with Gasteiger partial charge in [0, 0.05) is 6.42 Å². The van der Waals surface area contributed by atoms with Crippen molar-refractivity contribution in [2.45, 2.75) is 95.7 Å². The van der Waals surface area contributed by atoms with Crippen LogP contribution >= 0.6 is 0 Å². The summed E-state index contributed by atoms with van der Waals surface area (Å²) in [5.41, 5.74) is 0. The van der Waals surface area contributed by atoms with Gasteiger partial charge in [0.25, 0.3) is 0 Å². The molecule has 0 spiro atoms. The monoisotopic (exact) mass is 342 g/mol. The summed E-state index contributed by atoms with van der Waals surface area (Å²) in [5, 5.41) is 9.06. The van der Waals surface area contributed by atoms with E-state index in [1.807, 2.05) is 0 Å². The zero-order chi connectivity index (χ0) is 17.0. The molecule has 24 heavy (non-hydrogen) atoms. The number of carbonyl (C=O) groups excluding carboxylic acids is 1. The molecule has 0 aliphatic heterocycles. The van der Waals surface area contributed by atoms with Crippen LogP contribution < -0.4 is 0 Å². The molecule has 0 heterocycles. The lowest BCUT2D eigenvalue weighted by molar-refractivity contribution is -0.283. The second kappa shape index (κ2) is 11.8. The lowest BCUT2D eigenvalue weighted by Gasteiger charge is -2.24. The second-order valence-corrected chi connectivity index (χ2v) is 7.36. The third-order valence-corrected chi connectivity index (χ3v) is 5.39. The fraction of sp³-hybridized carbons (Fsp3) is 0.947. The number of rotatable bonds is 10. The highest BCUT2D eigenvalue weighted by Crippen LogP contribution is 2.29. The number of hydrogen-bond donors (Lipinski definition) is 1. The average molecular weight is 342 g/mol. The van der Waals surface area contributed by atoms with Crippen LogP contribution in [0.5, 0.6) is 0 Å². The van der Waals surface area contributed by atoms with Crippen LogP contribution in [0.2, 0.25) is 0 Å². The van der Waals surface area contributed by atoms with E-state index in [1.165, 1.54) is 51.4 Å². The van der Waals surface area contributed by atoms with Crippen molar-refractivity contribution >= 4 is 5.97 Å². The van der Waals surface area contributed by atoms with Crippen LogP contribution in [-0.2, 0) is 19.2 Å². The smallest absolute Gasteiger partial charge is 0.305 e. The predicted molar refractivity (Wildman–Crippen MR) is 91.7 cm³/mol. The van der Waals surface area contributed by atoms with E-state index in [1.54, 1.807) is 0 Å². The first kappa shape index (κ1) is 19.7. The van der Waals surface area contributed by atoms with Gasteiger partial charge in [-0.05, 0) is 31.6 Å². The standard InChI is InChI=1S/C19H34O5/c20-19(23-14-13-22-17-9-5-2-6-10-17)12-11-18(24-21)15-16-7-3-1-4-8-16/h16-18,21H,1-15H2. The quantitative estimate of drug-likeness (QED) is 0.274. The molecular weight excluding hydrogens is 308 g/mol. The van der Waals surface area contributed by atoms with Crippen LogP contribution in [0, 0.1) is 5.92 Å². The number of carbonyl (C=O) groups is 1. The molecule has 0 bridgehead atoms. The molecule has 2 saturated carbocycles. The molecule has 1 atom stereocenters. The van der Waals surface area contributed by atoms with Gasteiger partial charge in [0.05, 0.1) is 18.8 Å². The summed E-state index contributed by atoms with van der Waals surface area (Å²) in [6, 6.07) is 0. The van der Waals surface area contributed by atoms with E-state index in [-0.39, 0.29) is 12.1 Å². The summed E-state index contributed by atoms with van der Waals surface area (Å²) < 4.78 is 11.0. The van der Waals surface area contributed by atoms with E-state index in [9.17, 15) is 4.79 Å². The van der Waals surface area contributed by atoms with Crippen LogP contribution in [-0.4, -0.2) is 36.6 Å². The third-order valence-electron chi connectivity index (χ3n) is 5.39. The molecule has 5 heteroatoms. The lowest BCUT2D eigenvalue weighted by atomic mass is 9.85. The number of hydrogen-bond acceptors (Lipinski definition) is 5. The molecule has 2 fully saturated rings. The Hall–Kier alpha value is -0.650. The summed E-state index contributed by atoms with van der Waals surface area (Å²) in [6.45, 7) is 0.807. The fourth-order valence-corrected chi connectivity index (χ4v) is 3.96. The lowest BCUT2D eigenvalue weighted by Crippen LogP contribution is -2.22. The van der Waals surface area contributed by atoms with Gasteiger partial charge < -0.3 is 9.47 Å². The van der Waals surface area contributed by atoms with E-state index in [2.05, 4.69) is 4.89 Å². The Balaban J connectivity index is 1.50. The maximum absolute atomic E-state index is 11.8. The summed E-state index contributed by atoms with van der Waals surface area (Å²) in [7, 11) is 0. The van der Waals surface area contributed by atoms with E-state index in [0.29, 0.717) is 38.1 Å². The minimum atomic E-state index is -0.251. The molecular formula is C19H34O5. The Morgan fingerprint density at radius 2 is 1.62 bits per heavy atom. The summed E-state index contributed by atoms with van der Waals surface area (Å²) in [5.74, 6) is 0.392. The molecule has 0 aromatic rings. The van der Waals surface area contributed by atoms with E-state index in [4.69, 9.17) is 14.7 Å². The maximum Gasteiger partial charge on any atom is 0.305 e. The van der Waals surface area contributed by atoms with Gasteiger partial charge in [0.15, 0.2) is 0 Å². The van der Waals surface area contributed by atoms with Crippen molar-refractivity contribution in [3.05, 3.63) is 0 Å². The predicted octanol–water partition coefficient (Wildman–Crippen LogP) is 4.49. The Bertz CT molecular complexity index is 335. The molecule has 5 nitrogen and oxygen atoms in total. The van der Waals surface area contributed by atoms with Crippen molar-refractivity contribution in [1.29, 1.82) is 0 Å². The topological polar surface area (TPSA) is 65.0 Å². The van der Waals surface area contributed by atoms with Gasteiger partial charge in [-0.15, -0.1) is 0 Å². The summed E-state index contributed by atoms with van der Waals surface area (Å²) in [4.78, 5) is 16.4. The Morgan fingerprint density at radius 3 is 2.29 bits per heavy atom. The Morgan fingerprint density at radius 1 is 0.958 bits per heavy atom. The van der Waals surface area contributed by atoms with Crippen molar-refractivity contribution < 1.29 is 24.4 Å². The van der Waals surface area contributed by atoms with Gasteiger partial charge >= 0.3 is 5.97 Å². The van der Waals surface area contributed by atoms with Gasteiger partial charge in [-0.2, -0.15) is 0 Å². The largest absolute Gasteiger partial charge is 0.463 e. The van der Waals surface area contributed by atoms with Crippen LogP contribution in [0.3, 0.4) is 0 Å². The first-order valence-electron chi connectivity index (χ1n) is 9.85. The third kappa shape index (κ3) is 7.95. The zero-order valence-corrected chi connectivity index (χ0v) is 14.9. The molecule has 1 N–H and O–H groups in total. The van der Waals surface area contributed by atoms with E-state index >= 15 is 0 Å². The number of ether oxygens (including phenoxy) is 2. The molecule has 0 radical (unpaired) electrons. The van der Waals surface area contributed by atoms with Crippen LogP contribution in [0.25, 0.3) is 0 Å². The highest BCUT2D eigenvalue weighted by molar-refractivity contribution is 5.69. The minimum absolute atomic E-state index is 0.229. The second-order valence-electron chi connectivity index (χ2n) is 7.36. The SMILES string of the molecule is O=C(CCC(CC1CCCCC1)OO)OCCOC1CCCCC1. The molecule has 0 amide bonds. The molecule has 0 saturated heterocycles. The minimum Gasteiger partial charge on any atom is -0.463 e. The summed E-state index contributed by atoms with van der Waals surface area (Å²) >= 11 is 0. The Kier molecular flexibility index (Phi) is 9.69. The van der Waals surface area contributed by atoms with Crippen molar-refractivity contribution in [1.82, 2.24) is 0 Å². The van der Waals surface area contributed by atoms with Crippen molar-refractivity contribution in [3.63, 3.8) is 0 Å². The van der Waals surface area contributed by atoms with Gasteiger partial charge in [-0.1, -0.05) is 51.4 Å². The van der Waals surface area contributed by atoms with Gasteiger partial charge in [0.2, 0.25) is 0 Å². The van der Waals surface area contributed by atoms with Crippen LogP contribution in [0.15, 0.2) is 0 Å². The van der Waals surface area contributed by atoms with Gasteiger partial charge in [-0.25, -0.2) is 4.89 Å². The molecule has 1 unspecified atom stereocenters.